The van der Waals surface area contributed by atoms with Crippen LogP contribution in [0.1, 0.15) is 21.5 Å². The highest BCUT2D eigenvalue weighted by Crippen LogP contribution is 2.26. The second-order valence-electron chi connectivity index (χ2n) is 10.2. The molecule has 7 rings (SSSR count). The van der Waals surface area contributed by atoms with E-state index in [1.54, 1.807) is 42.6 Å². The summed E-state index contributed by atoms with van der Waals surface area (Å²) in [5.41, 5.74) is 5.68. The Labute approximate surface area is 296 Å². The van der Waals surface area contributed by atoms with Crippen molar-refractivity contribution in [2.75, 3.05) is 0 Å². The predicted molar refractivity (Wildman–Crippen MR) is 201 cm³/mol. The summed E-state index contributed by atoms with van der Waals surface area (Å²) in [6.07, 6.45) is 1.74. The minimum Gasteiger partial charge on any atom is -0.289 e. The van der Waals surface area contributed by atoms with Crippen LogP contribution in [0.25, 0.3) is 22.0 Å². The first-order valence-electron chi connectivity index (χ1n) is 14.7. The Balaban J connectivity index is 0.000000145. The molecule has 1 aromatic heterocycles. The topological polar surface area (TPSA) is 30.0 Å². The number of hydrogen-bond donors (Lipinski definition) is 0. The van der Waals surface area contributed by atoms with Crippen LogP contribution in [0.2, 0.25) is 20.1 Å². The van der Waals surface area contributed by atoms with E-state index in [0.717, 1.165) is 32.1 Å². The van der Waals surface area contributed by atoms with Gasteiger partial charge in [-0.25, -0.2) is 0 Å². The first-order chi connectivity index (χ1) is 22.8. The molecule has 0 saturated carbocycles. The summed E-state index contributed by atoms with van der Waals surface area (Å²) >= 11 is 23.3. The number of halogens is 4. The summed E-state index contributed by atoms with van der Waals surface area (Å²) < 4.78 is 0. The third-order valence-corrected chi connectivity index (χ3v) is 7.79. The molecule has 6 aromatic carbocycles. The first-order valence-corrected chi connectivity index (χ1v) is 16.2. The summed E-state index contributed by atoms with van der Waals surface area (Å²) in [5, 5.41) is 4.04. The molecular formula is C41H31Cl4NO. The van der Waals surface area contributed by atoms with Crippen LogP contribution in [0, 0.1) is 6.92 Å². The van der Waals surface area contributed by atoms with Crippen molar-refractivity contribution < 1.29 is 4.79 Å². The van der Waals surface area contributed by atoms with Crippen molar-refractivity contribution in [2.24, 2.45) is 0 Å². The molecule has 7 aromatic rings. The summed E-state index contributed by atoms with van der Waals surface area (Å²) in [4.78, 5) is 16.1. The fourth-order valence-corrected chi connectivity index (χ4v) is 5.19. The number of rotatable bonds is 3. The van der Waals surface area contributed by atoms with Gasteiger partial charge in [-0.2, -0.15) is 0 Å². The standard InChI is InChI=1S/C13H9ClO.C12H9Cl.C9H6ClN.C7H7Cl/c14-12-8-6-11(7-9-12)13(15)10-4-2-1-3-5-10;13-12-9-5-4-8-11(12)10-6-2-1-3-7-10;10-8-5-1-3-7-4-2-6-11-9(7)8;1-6-3-2-4-7(8)5-6/h1-9H;1-9H;1-6H;2-5H,1H3. The smallest absolute Gasteiger partial charge is 0.193 e. The monoisotopic (exact) mass is 693 g/mol. The van der Waals surface area contributed by atoms with E-state index in [1.807, 2.05) is 122 Å². The van der Waals surface area contributed by atoms with Crippen LogP contribution < -0.4 is 0 Å². The highest BCUT2D eigenvalue weighted by molar-refractivity contribution is 6.35. The average Bonchev–Trinajstić information content (AvgIpc) is 3.10. The molecule has 0 bridgehead atoms. The SMILES string of the molecule is Cc1cccc(Cl)c1.Clc1cccc2cccnc12.Clc1ccccc1-c1ccccc1.O=C(c1ccccc1)c1ccc(Cl)cc1. The van der Waals surface area contributed by atoms with E-state index in [2.05, 4.69) is 17.1 Å². The lowest BCUT2D eigenvalue weighted by Crippen LogP contribution is -1.99. The third-order valence-electron chi connectivity index (χ3n) is 6.66. The Morgan fingerprint density at radius 1 is 0.511 bits per heavy atom. The molecule has 0 atom stereocenters. The van der Waals surface area contributed by atoms with Gasteiger partial charge in [0.25, 0.3) is 0 Å². The molecule has 2 nitrogen and oxygen atoms in total. The number of pyridine rings is 1. The highest BCUT2D eigenvalue weighted by Gasteiger charge is 2.07. The van der Waals surface area contributed by atoms with Crippen LogP contribution in [0.3, 0.4) is 0 Å². The van der Waals surface area contributed by atoms with Gasteiger partial charge in [-0.1, -0.05) is 156 Å². The zero-order valence-electron chi connectivity index (χ0n) is 25.5. The molecule has 0 saturated heterocycles. The van der Waals surface area contributed by atoms with E-state index in [-0.39, 0.29) is 5.78 Å². The number of nitrogens with zero attached hydrogens (tertiary/aromatic N) is 1. The van der Waals surface area contributed by atoms with Crippen LogP contribution in [0.5, 0.6) is 0 Å². The number of hydrogen-bond acceptors (Lipinski definition) is 2. The van der Waals surface area contributed by atoms with Crippen LogP contribution >= 0.6 is 46.4 Å². The number of carbonyl (C=O) groups excluding carboxylic acids is 1. The molecule has 0 fully saturated rings. The van der Waals surface area contributed by atoms with Crippen molar-refractivity contribution in [3.63, 3.8) is 0 Å². The molecule has 6 heteroatoms. The Morgan fingerprint density at radius 3 is 1.70 bits per heavy atom. The second-order valence-corrected chi connectivity index (χ2v) is 11.8. The zero-order valence-corrected chi connectivity index (χ0v) is 28.6. The number of fused-ring (bicyclic) bond motifs is 1. The van der Waals surface area contributed by atoms with Crippen LogP contribution in [0.15, 0.2) is 170 Å². The summed E-state index contributed by atoms with van der Waals surface area (Å²) in [7, 11) is 0. The summed E-state index contributed by atoms with van der Waals surface area (Å²) in [6, 6.07) is 51.5. The van der Waals surface area contributed by atoms with Gasteiger partial charge in [-0.05, 0) is 72.6 Å². The van der Waals surface area contributed by atoms with Gasteiger partial charge in [0.2, 0.25) is 0 Å². The number of para-hydroxylation sites is 1. The second kappa shape index (κ2) is 18.6. The fraction of sp³-hybridized carbons (Fsp3) is 0.0244. The molecular weight excluding hydrogens is 664 g/mol. The number of ketones is 1. The molecule has 0 aliphatic carbocycles. The van der Waals surface area contributed by atoms with Crippen molar-refractivity contribution in [1.82, 2.24) is 4.98 Å². The molecule has 0 aliphatic heterocycles. The summed E-state index contributed by atoms with van der Waals surface area (Å²) in [5.74, 6) is 0.0206. The molecule has 0 amide bonds. The molecule has 0 aliphatic rings. The van der Waals surface area contributed by atoms with E-state index in [0.29, 0.717) is 21.2 Å². The van der Waals surface area contributed by atoms with Crippen molar-refractivity contribution in [3.8, 4) is 11.1 Å². The van der Waals surface area contributed by atoms with Gasteiger partial charge >= 0.3 is 0 Å². The molecule has 0 unspecified atom stereocenters. The van der Waals surface area contributed by atoms with Gasteiger partial charge in [0.15, 0.2) is 5.78 Å². The predicted octanol–water partition coefficient (Wildman–Crippen LogP) is 13.1. The molecule has 0 N–H and O–H groups in total. The van der Waals surface area contributed by atoms with Crippen molar-refractivity contribution in [2.45, 2.75) is 6.92 Å². The van der Waals surface area contributed by atoms with Gasteiger partial charge in [0.05, 0.1) is 10.5 Å². The Bertz CT molecular complexity index is 1970. The van der Waals surface area contributed by atoms with Gasteiger partial charge in [-0.15, -0.1) is 0 Å². The lowest BCUT2D eigenvalue weighted by molar-refractivity contribution is 0.103. The van der Waals surface area contributed by atoms with Gasteiger partial charge in [0, 0.05) is 43.3 Å². The molecule has 0 spiro atoms. The largest absolute Gasteiger partial charge is 0.289 e. The van der Waals surface area contributed by atoms with Crippen LogP contribution in [-0.2, 0) is 0 Å². The Kier molecular flexibility index (Phi) is 14.0. The van der Waals surface area contributed by atoms with E-state index in [4.69, 9.17) is 46.4 Å². The minimum absolute atomic E-state index is 0.0206. The maximum atomic E-state index is 11.9. The highest BCUT2D eigenvalue weighted by atomic mass is 35.5. The van der Waals surface area contributed by atoms with Gasteiger partial charge < -0.3 is 0 Å². The number of aryl methyl sites for hydroxylation is 1. The van der Waals surface area contributed by atoms with Crippen molar-refractivity contribution in [1.29, 1.82) is 0 Å². The van der Waals surface area contributed by atoms with E-state index >= 15 is 0 Å². The first kappa shape index (κ1) is 35.4. The van der Waals surface area contributed by atoms with Crippen LogP contribution in [-0.4, -0.2) is 10.8 Å². The molecule has 1 heterocycles. The van der Waals surface area contributed by atoms with Gasteiger partial charge in [-0.3, -0.25) is 9.78 Å². The zero-order chi connectivity index (χ0) is 33.4. The lowest BCUT2D eigenvalue weighted by atomic mass is 10.0. The van der Waals surface area contributed by atoms with Crippen molar-refractivity contribution >= 4 is 63.1 Å². The van der Waals surface area contributed by atoms with E-state index in [1.165, 1.54) is 5.56 Å². The quantitative estimate of drug-likeness (QED) is 0.172. The number of carbonyl (C=O) groups is 1. The molecule has 47 heavy (non-hydrogen) atoms. The number of aromatic nitrogens is 1. The fourth-order valence-electron chi connectivity index (χ4n) is 4.34. The minimum atomic E-state index is 0.0206. The third kappa shape index (κ3) is 11.4. The maximum absolute atomic E-state index is 11.9. The van der Waals surface area contributed by atoms with E-state index < -0.39 is 0 Å². The van der Waals surface area contributed by atoms with Crippen LogP contribution in [0.4, 0.5) is 0 Å². The van der Waals surface area contributed by atoms with Gasteiger partial charge in [0.1, 0.15) is 0 Å². The Morgan fingerprint density at radius 2 is 1.09 bits per heavy atom. The molecule has 0 radical (unpaired) electrons. The summed E-state index contributed by atoms with van der Waals surface area (Å²) in [6.45, 7) is 2.02. The molecule has 234 valence electrons. The van der Waals surface area contributed by atoms with E-state index in [9.17, 15) is 4.79 Å². The average molecular weight is 696 g/mol. The Hall–Kier alpha value is -4.44. The normalized spacial score (nSPS) is 9.89. The maximum Gasteiger partial charge on any atom is 0.193 e. The van der Waals surface area contributed by atoms with Crippen molar-refractivity contribution in [3.05, 3.63) is 207 Å². The lowest BCUT2D eigenvalue weighted by Gasteiger charge is -2.02. The number of benzene rings is 6.